The summed E-state index contributed by atoms with van der Waals surface area (Å²) < 4.78 is 12.1. The molecule has 0 saturated heterocycles. The average molecular weight is 415 g/mol. The fourth-order valence-corrected chi connectivity index (χ4v) is 2.81. The highest BCUT2D eigenvalue weighted by molar-refractivity contribution is 5.98. The Labute approximate surface area is 177 Å². The van der Waals surface area contributed by atoms with Gasteiger partial charge in [-0.2, -0.15) is 9.67 Å². The molecule has 0 aliphatic rings. The molecule has 154 valence electrons. The number of hydrogen-bond donors (Lipinski definition) is 2. The summed E-state index contributed by atoms with van der Waals surface area (Å²) in [5.74, 6) is 3.77. The van der Waals surface area contributed by atoms with Gasteiger partial charge in [0.05, 0.1) is 11.4 Å². The van der Waals surface area contributed by atoms with Gasteiger partial charge in [-0.15, -0.1) is 11.5 Å². The number of terminal acetylenes is 1. The Bertz CT molecular complexity index is 1280. The van der Waals surface area contributed by atoms with E-state index in [9.17, 15) is 0 Å². The lowest BCUT2D eigenvalue weighted by Crippen LogP contribution is -2.04. The Kier molecular flexibility index (Phi) is 5.31. The van der Waals surface area contributed by atoms with Gasteiger partial charge in [-0.3, -0.25) is 0 Å². The van der Waals surface area contributed by atoms with Gasteiger partial charge in [0.25, 0.3) is 5.89 Å². The van der Waals surface area contributed by atoms with Crippen LogP contribution in [0.15, 0.2) is 58.2 Å². The summed E-state index contributed by atoms with van der Waals surface area (Å²) in [6, 6.07) is 14.3. The maximum absolute atomic E-state index is 8.99. The van der Waals surface area contributed by atoms with Crippen LogP contribution in [-0.4, -0.2) is 42.7 Å². The van der Waals surface area contributed by atoms with Crippen molar-refractivity contribution in [2.75, 3.05) is 12.3 Å². The molecule has 0 aliphatic carbocycles. The van der Waals surface area contributed by atoms with Crippen molar-refractivity contribution in [3.8, 4) is 46.8 Å². The number of aromatic nitrogens is 5. The third kappa shape index (κ3) is 3.92. The highest BCUT2D eigenvalue weighted by Crippen LogP contribution is 2.27. The van der Waals surface area contributed by atoms with E-state index in [1.807, 2.05) is 0 Å². The first-order valence-electron chi connectivity index (χ1n) is 9.12. The van der Waals surface area contributed by atoms with Crippen LogP contribution in [-0.2, 0) is 0 Å². The van der Waals surface area contributed by atoms with Crippen molar-refractivity contribution in [1.82, 2.24) is 25.1 Å². The summed E-state index contributed by atoms with van der Waals surface area (Å²) >= 11 is 0. The molecule has 2 aromatic carbocycles. The summed E-state index contributed by atoms with van der Waals surface area (Å²) in [6.07, 6.45) is 5.19. The van der Waals surface area contributed by atoms with Crippen molar-refractivity contribution < 1.29 is 14.5 Å². The van der Waals surface area contributed by atoms with E-state index >= 15 is 0 Å². The van der Waals surface area contributed by atoms with Gasteiger partial charge in [-0.05, 0) is 43.3 Å². The predicted octanol–water partition coefficient (Wildman–Crippen LogP) is 2.78. The van der Waals surface area contributed by atoms with Gasteiger partial charge in [-0.25, -0.2) is 0 Å². The van der Waals surface area contributed by atoms with Crippen molar-refractivity contribution in [1.29, 1.82) is 0 Å². The number of oxime groups is 1. The molecule has 4 rings (SSSR count). The molecule has 10 nitrogen and oxygen atoms in total. The number of benzene rings is 2. The Balaban J connectivity index is 1.61. The summed E-state index contributed by atoms with van der Waals surface area (Å²) in [4.78, 5) is 4.37. The molecule has 0 fully saturated rings. The molecule has 0 atom stereocenters. The minimum Gasteiger partial charge on any atom is -0.481 e. The van der Waals surface area contributed by atoms with Gasteiger partial charge in [-0.1, -0.05) is 33.6 Å². The zero-order valence-corrected chi connectivity index (χ0v) is 16.4. The smallest absolute Gasteiger partial charge is 0.282 e. The predicted molar refractivity (Wildman–Crippen MR) is 113 cm³/mol. The lowest BCUT2D eigenvalue weighted by molar-refractivity contribution is 0.319. The fourth-order valence-electron chi connectivity index (χ4n) is 2.81. The van der Waals surface area contributed by atoms with Gasteiger partial charge in [0.15, 0.2) is 11.5 Å². The first-order valence-corrected chi connectivity index (χ1v) is 9.12. The molecule has 0 bridgehead atoms. The third-order valence-corrected chi connectivity index (χ3v) is 4.43. The fraction of sp³-hybridized carbons (Fsp3) is 0.0952. The summed E-state index contributed by atoms with van der Waals surface area (Å²) in [6.45, 7) is 1.87. The quantitative estimate of drug-likeness (QED) is 0.212. The van der Waals surface area contributed by atoms with Gasteiger partial charge < -0.3 is 20.2 Å². The molecule has 0 amide bonds. The number of ether oxygens (including phenoxy) is 1. The van der Waals surface area contributed by atoms with Crippen molar-refractivity contribution in [2.45, 2.75) is 6.92 Å². The maximum atomic E-state index is 8.99. The second-order valence-electron chi connectivity index (χ2n) is 6.41. The first-order chi connectivity index (χ1) is 15.1. The van der Waals surface area contributed by atoms with Gasteiger partial charge in [0, 0.05) is 11.1 Å². The Hall–Kier alpha value is -4.65. The van der Waals surface area contributed by atoms with Gasteiger partial charge in [0.2, 0.25) is 5.82 Å². The third-order valence-electron chi connectivity index (χ3n) is 4.43. The van der Waals surface area contributed by atoms with Crippen LogP contribution < -0.4 is 10.5 Å². The van der Waals surface area contributed by atoms with Crippen molar-refractivity contribution in [3.63, 3.8) is 0 Å². The van der Waals surface area contributed by atoms with E-state index in [0.717, 1.165) is 5.56 Å². The van der Waals surface area contributed by atoms with E-state index in [1.54, 1.807) is 55.5 Å². The molecule has 0 aliphatic heterocycles. The largest absolute Gasteiger partial charge is 0.481 e. The topological polar surface area (TPSA) is 137 Å². The summed E-state index contributed by atoms with van der Waals surface area (Å²) in [7, 11) is 0. The highest BCUT2D eigenvalue weighted by Gasteiger charge is 2.20. The summed E-state index contributed by atoms with van der Waals surface area (Å²) in [5.41, 5.74) is 9.02. The monoisotopic (exact) mass is 415 g/mol. The number of nitrogens with two attached hydrogens (primary N) is 1. The SMILES string of the molecule is C#CCOc1ccc(-c2noc(-c3nnn(-c4cccc(/C(C)=N\O)c4)c3N)n2)cc1. The van der Waals surface area contributed by atoms with Crippen LogP contribution in [0.4, 0.5) is 5.82 Å². The zero-order valence-electron chi connectivity index (χ0n) is 16.4. The van der Waals surface area contributed by atoms with E-state index in [-0.39, 0.29) is 24.0 Å². The number of rotatable bonds is 6. The van der Waals surface area contributed by atoms with Crippen molar-refractivity contribution in [3.05, 3.63) is 54.1 Å². The van der Waals surface area contributed by atoms with Crippen LogP contribution in [0.1, 0.15) is 12.5 Å². The van der Waals surface area contributed by atoms with Gasteiger partial charge in [0.1, 0.15) is 12.4 Å². The normalized spacial score (nSPS) is 11.3. The van der Waals surface area contributed by atoms with Crippen LogP contribution >= 0.6 is 0 Å². The van der Waals surface area contributed by atoms with Gasteiger partial charge >= 0.3 is 0 Å². The molecule has 0 spiro atoms. The highest BCUT2D eigenvalue weighted by atomic mass is 16.5. The summed E-state index contributed by atoms with van der Waals surface area (Å²) in [5, 5.41) is 24.4. The van der Waals surface area contributed by atoms with E-state index in [1.165, 1.54) is 4.68 Å². The van der Waals surface area contributed by atoms with Crippen molar-refractivity contribution >= 4 is 11.5 Å². The number of nitrogens with zero attached hydrogens (tertiary/aromatic N) is 6. The zero-order chi connectivity index (χ0) is 21.8. The molecule has 2 aromatic heterocycles. The molecule has 0 radical (unpaired) electrons. The molecule has 2 heterocycles. The molecule has 4 aromatic rings. The molecule has 10 heteroatoms. The van der Waals surface area contributed by atoms with Crippen LogP contribution in [0.25, 0.3) is 28.7 Å². The average Bonchev–Trinajstić information content (AvgIpc) is 3.44. The van der Waals surface area contributed by atoms with E-state index in [4.69, 9.17) is 26.6 Å². The first kappa shape index (κ1) is 19.7. The number of hydrogen-bond acceptors (Lipinski definition) is 9. The minimum atomic E-state index is 0.135. The molecule has 0 unspecified atom stereocenters. The molecular weight excluding hydrogens is 398 g/mol. The minimum absolute atomic E-state index is 0.135. The van der Waals surface area contributed by atoms with Crippen LogP contribution in [0.3, 0.4) is 0 Å². The lowest BCUT2D eigenvalue weighted by Gasteiger charge is -2.05. The maximum Gasteiger partial charge on any atom is 0.282 e. The van der Waals surface area contributed by atoms with Crippen LogP contribution in [0, 0.1) is 12.3 Å². The standard InChI is InChI=1S/C21H17N7O3/c1-3-11-30-17-9-7-14(8-10-17)20-23-21(31-26-20)18-19(22)28(27-24-18)16-6-4-5-15(12-16)13(2)25-29/h1,4-10,12,29H,11,22H2,2H3/b25-13-. The number of nitrogen functional groups attached to an aromatic ring is 1. The molecule has 31 heavy (non-hydrogen) atoms. The van der Waals surface area contributed by atoms with E-state index < -0.39 is 0 Å². The van der Waals surface area contributed by atoms with E-state index in [2.05, 4.69) is 31.5 Å². The molecular formula is C21H17N7O3. The lowest BCUT2D eigenvalue weighted by atomic mass is 10.1. The van der Waals surface area contributed by atoms with Crippen LogP contribution in [0.5, 0.6) is 5.75 Å². The molecule has 0 saturated carbocycles. The molecule has 3 N–H and O–H groups in total. The number of anilines is 1. The Morgan fingerprint density at radius 2 is 2.10 bits per heavy atom. The second-order valence-corrected chi connectivity index (χ2v) is 6.41. The Morgan fingerprint density at radius 3 is 2.84 bits per heavy atom. The van der Waals surface area contributed by atoms with Crippen LogP contribution in [0.2, 0.25) is 0 Å². The van der Waals surface area contributed by atoms with E-state index in [0.29, 0.717) is 28.5 Å². The second kappa shape index (κ2) is 8.38. The Morgan fingerprint density at radius 1 is 1.29 bits per heavy atom. The van der Waals surface area contributed by atoms with Crippen molar-refractivity contribution in [2.24, 2.45) is 5.16 Å².